The molecule has 5 heteroatoms. The van der Waals surface area contributed by atoms with Crippen LogP contribution in [0.3, 0.4) is 0 Å². The molecule has 2 aliphatic heterocycles. The van der Waals surface area contributed by atoms with Crippen molar-refractivity contribution in [1.82, 2.24) is 19.9 Å². The Morgan fingerprint density at radius 2 is 1.76 bits per heavy atom. The fourth-order valence-electron chi connectivity index (χ4n) is 4.13. The minimum atomic E-state index is 0.724. The molecule has 25 heavy (non-hydrogen) atoms. The van der Waals surface area contributed by atoms with Crippen LogP contribution in [0.4, 0.5) is 0 Å². The van der Waals surface area contributed by atoms with E-state index in [1.807, 2.05) is 10.7 Å². The van der Waals surface area contributed by atoms with E-state index in [0.29, 0.717) is 0 Å². The number of ether oxygens (including phenoxy) is 1. The molecule has 1 aromatic carbocycles. The molecule has 4 rings (SSSR count). The highest BCUT2D eigenvalue weighted by molar-refractivity contribution is 5.19. The predicted molar refractivity (Wildman–Crippen MR) is 97.4 cm³/mol. The molecular weight excluding hydrogens is 312 g/mol. The Morgan fingerprint density at radius 1 is 1.00 bits per heavy atom. The molecule has 0 aliphatic carbocycles. The average molecular weight is 340 g/mol. The van der Waals surface area contributed by atoms with E-state index in [9.17, 15) is 0 Å². The molecule has 0 atom stereocenters. The molecule has 2 aromatic rings. The zero-order valence-corrected chi connectivity index (χ0v) is 14.9. The summed E-state index contributed by atoms with van der Waals surface area (Å²) in [5.41, 5.74) is 2.35. The van der Waals surface area contributed by atoms with Gasteiger partial charge in [-0.3, -0.25) is 4.68 Å². The molecule has 3 heterocycles. The summed E-state index contributed by atoms with van der Waals surface area (Å²) in [5, 5.41) is 8.71. The number of hydrogen-bond donors (Lipinski definition) is 0. The van der Waals surface area contributed by atoms with E-state index >= 15 is 0 Å². The van der Waals surface area contributed by atoms with E-state index in [1.54, 1.807) is 0 Å². The lowest BCUT2D eigenvalue weighted by molar-refractivity contribution is 0.0197. The number of likely N-dealkylation sites (tertiary alicyclic amines) is 1. The number of aromatic nitrogens is 3. The van der Waals surface area contributed by atoms with Gasteiger partial charge in [-0.1, -0.05) is 35.5 Å². The van der Waals surface area contributed by atoms with Crippen molar-refractivity contribution in [2.24, 2.45) is 5.92 Å². The fraction of sp³-hybridized carbons (Fsp3) is 0.600. The fourth-order valence-corrected chi connectivity index (χ4v) is 4.13. The number of rotatable bonds is 5. The quantitative estimate of drug-likeness (QED) is 0.839. The highest BCUT2D eigenvalue weighted by atomic mass is 16.5. The van der Waals surface area contributed by atoms with Gasteiger partial charge in [-0.15, -0.1) is 5.10 Å². The molecule has 0 amide bonds. The molecule has 2 fully saturated rings. The third kappa shape index (κ3) is 4.47. The van der Waals surface area contributed by atoms with E-state index < -0.39 is 0 Å². The Balaban J connectivity index is 1.26. The van der Waals surface area contributed by atoms with E-state index in [2.05, 4.69) is 45.7 Å². The van der Waals surface area contributed by atoms with Crippen LogP contribution in [0.5, 0.6) is 0 Å². The summed E-state index contributed by atoms with van der Waals surface area (Å²) in [6.45, 7) is 5.33. The van der Waals surface area contributed by atoms with Crippen LogP contribution in [0.2, 0.25) is 0 Å². The predicted octanol–water partition coefficient (Wildman–Crippen LogP) is 2.76. The summed E-state index contributed by atoms with van der Waals surface area (Å²) in [5.74, 6) is 0.724. The highest BCUT2D eigenvalue weighted by Gasteiger charge is 2.26. The van der Waals surface area contributed by atoms with Crippen LogP contribution in [0, 0.1) is 5.92 Å². The topological polar surface area (TPSA) is 43.2 Å². The molecule has 0 unspecified atom stereocenters. The first-order valence-corrected chi connectivity index (χ1v) is 9.61. The van der Waals surface area contributed by atoms with E-state index in [-0.39, 0.29) is 0 Å². The number of benzene rings is 1. The Morgan fingerprint density at radius 3 is 2.52 bits per heavy atom. The second-order valence-corrected chi connectivity index (χ2v) is 7.42. The van der Waals surface area contributed by atoms with Gasteiger partial charge in [0.05, 0.1) is 5.69 Å². The van der Waals surface area contributed by atoms with Crippen LogP contribution in [-0.2, 0) is 17.7 Å². The molecular formula is C20H28N4O. The summed E-state index contributed by atoms with van der Waals surface area (Å²) >= 11 is 0. The van der Waals surface area contributed by atoms with Gasteiger partial charge in [0.1, 0.15) is 0 Å². The summed E-state index contributed by atoms with van der Waals surface area (Å²) in [4.78, 5) is 2.68. The summed E-state index contributed by atoms with van der Waals surface area (Å²) < 4.78 is 7.54. The number of nitrogens with zero attached hydrogens (tertiary/aromatic N) is 4. The van der Waals surface area contributed by atoms with E-state index in [1.165, 1.54) is 44.3 Å². The average Bonchev–Trinajstić information content (AvgIpc) is 3.11. The first-order valence-electron chi connectivity index (χ1n) is 9.61. The first kappa shape index (κ1) is 16.7. The molecule has 2 saturated heterocycles. The van der Waals surface area contributed by atoms with Crippen LogP contribution in [0.15, 0.2) is 36.5 Å². The standard InChI is InChI=1S/C20H28N4O/c1-2-4-17(5-3-1)14-19-16-24(22-21-19)15-18-6-10-23(11-7-18)20-8-12-25-13-9-20/h1-5,16,18,20H,6-15H2. The molecule has 0 N–H and O–H groups in total. The van der Waals surface area contributed by atoms with Gasteiger partial charge in [0.15, 0.2) is 0 Å². The Labute approximate surface area is 150 Å². The molecule has 0 spiro atoms. The lowest BCUT2D eigenvalue weighted by atomic mass is 9.94. The van der Waals surface area contributed by atoms with Crippen LogP contribution >= 0.6 is 0 Å². The van der Waals surface area contributed by atoms with Gasteiger partial charge in [0.25, 0.3) is 0 Å². The number of hydrogen-bond acceptors (Lipinski definition) is 4. The van der Waals surface area contributed by atoms with Gasteiger partial charge in [-0.2, -0.15) is 0 Å². The van der Waals surface area contributed by atoms with Crippen molar-refractivity contribution in [3.8, 4) is 0 Å². The number of piperidine rings is 1. The van der Waals surface area contributed by atoms with Crippen LogP contribution in [0.25, 0.3) is 0 Å². The SMILES string of the molecule is c1ccc(Cc2cn(CC3CCN(C4CCOCC4)CC3)nn2)cc1. The molecule has 1 aromatic heterocycles. The molecule has 0 saturated carbocycles. The molecule has 0 bridgehead atoms. The summed E-state index contributed by atoms with van der Waals surface area (Å²) in [7, 11) is 0. The van der Waals surface area contributed by atoms with Gasteiger partial charge >= 0.3 is 0 Å². The second-order valence-electron chi connectivity index (χ2n) is 7.42. The maximum absolute atomic E-state index is 5.49. The lowest BCUT2D eigenvalue weighted by Gasteiger charge is -2.39. The zero-order valence-electron chi connectivity index (χ0n) is 14.9. The minimum Gasteiger partial charge on any atom is -0.381 e. The Bertz CT molecular complexity index is 643. The van der Waals surface area contributed by atoms with Gasteiger partial charge < -0.3 is 9.64 Å². The summed E-state index contributed by atoms with van der Waals surface area (Å²) in [6, 6.07) is 11.2. The molecule has 2 aliphatic rings. The molecule has 5 nitrogen and oxygen atoms in total. The van der Waals surface area contributed by atoms with Gasteiger partial charge in [0.2, 0.25) is 0 Å². The van der Waals surface area contributed by atoms with Crippen LogP contribution in [0.1, 0.15) is 36.9 Å². The van der Waals surface area contributed by atoms with Gasteiger partial charge in [-0.05, 0) is 50.3 Å². The van der Waals surface area contributed by atoms with Crippen molar-refractivity contribution in [3.05, 3.63) is 47.8 Å². The van der Waals surface area contributed by atoms with Crippen molar-refractivity contribution < 1.29 is 4.74 Å². The highest BCUT2D eigenvalue weighted by Crippen LogP contribution is 2.24. The monoisotopic (exact) mass is 340 g/mol. The van der Waals surface area contributed by atoms with Gasteiger partial charge in [-0.25, -0.2) is 0 Å². The minimum absolute atomic E-state index is 0.724. The second kappa shape index (κ2) is 8.11. The third-order valence-corrected chi connectivity index (χ3v) is 5.62. The van der Waals surface area contributed by atoms with Gasteiger partial charge in [0, 0.05) is 38.4 Å². The van der Waals surface area contributed by atoms with Crippen molar-refractivity contribution >= 4 is 0 Å². The Kier molecular flexibility index (Phi) is 5.43. The lowest BCUT2D eigenvalue weighted by Crippen LogP contribution is -2.44. The Hall–Kier alpha value is -1.72. The van der Waals surface area contributed by atoms with Crippen molar-refractivity contribution in [3.63, 3.8) is 0 Å². The normalized spacial score (nSPS) is 20.8. The smallest absolute Gasteiger partial charge is 0.0870 e. The molecule has 0 radical (unpaired) electrons. The van der Waals surface area contributed by atoms with E-state index in [4.69, 9.17) is 4.74 Å². The van der Waals surface area contributed by atoms with E-state index in [0.717, 1.165) is 43.8 Å². The molecule has 134 valence electrons. The van der Waals surface area contributed by atoms with Crippen LogP contribution in [-0.4, -0.2) is 52.2 Å². The van der Waals surface area contributed by atoms with Crippen molar-refractivity contribution in [2.45, 2.75) is 44.7 Å². The van der Waals surface area contributed by atoms with Crippen molar-refractivity contribution in [1.29, 1.82) is 0 Å². The summed E-state index contributed by atoms with van der Waals surface area (Å²) in [6.07, 6.45) is 7.94. The maximum atomic E-state index is 5.49. The first-order chi connectivity index (χ1) is 12.4. The van der Waals surface area contributed by atoms with Crippen molar-refractivity contribution in [2.75, 3.05) is 26.3 Å². The van der Waals surface area contributed by atoms with Crippen LogP contribution < -0.4 is 0 Å². The zero-order chi connectivity index (χ0) is 16.9. The third-order valence-electron chi connectivity index (χ3n) is 5.62. The largest absolute Gasteiger partial charge is 0.381 e. The maximum Gasteiger partial charge on any atom is 0.0870 e.